The Morgan fingerprint density at radius 1 is 0.780 bits per heavy atom. The van der Waals surface area contributed by atoms with Crippen LogP contribution in [0.15, 0.2) is 138 Å². The lowest BCUT2D eigenvalue weighted by molar-refractivity contribution is -0.118. The molecule has 0 unspecified atom stereocenters. The summed E-state index contributed by atoms with van der Waals surface area (Å²) < 4.78 is 2.80. The van der Waals surface area contributed by atoms with Crippen molar-refractivity contribution in [3.05, 3.63) is 166 Å². The third-order valence-electron chi connectivity index (χ3n) is 7.75. The van der Waals surface area contributed by atoms with Crippen molar-refractivity contribution in [2.75, 3.05) is 0 Å². The maximum absolute atomic E-state index is 13.2. The second-order valence-electron chi connectivity index (χ2n) is 10.4. The first-order chi connectivity index (χ1) is 20.1. The molecule has 2 heterocycles. The van der Waals surface area contributed by atoms with E-state index in [0.29, 0.717) is 11.0 Å². The minimum atomic E-state index is -0.765. The molecule has 202 valence electrons. The third-order valence-corrected chi connectivity index (χ3v) is 8.34. The summed E-state index contributed by atoms with van der Waals surface area (Å²) in [6, 6.07) is 43.6. The summed E-state index contributed by atoms with van der Waals surface area (Å²) in [6.07, 6.45) is 2.57. The molecule has 0 aliphatic rings. The number of ketones is 1. The monoisotopic (exact) mass is 599 g/mol. The van der Waals surface area contributed by atoms with E-state index >= 15 is 0 Å². The van der Waals surface area contributed by atoms with Gasteiger partial charge in [-0.3, -0.25) is 9.78 Å². The molecular weight excluding hydrogens is 570 g/mol. The number of rotatable bonds is 9. The van der Waals surface area contributed by atoms with Gasteiger partial charge in [0.15, 0.2) is 0 Å². The number of pyridine rings is 1. The molecular formula is C36H30BrN3O. The van der Waals surface area contributed by atoms with Crippen LogP contribution in [0.5, 0.6) is 0 Å². The number of hydrogen-bond acceptors (Lipinski definition) is 3. The molecule has 41 heavy (non-hydrogen) atoms. The summed E-state index contributed by atoms with van der Waals surface area (Å²) in [5.41, 5.74) is 5.30. The molecule has 0 spiro atoms. The molecule has 6 aromatic rings. The van der Waals surface area contributed by atoms with Crippen molar-refractivity contribution < 1.29 is 4.79 Å². The van der Waals surface area contributed by atoms with Crippen LogP contribution in [0.1, 0.15) is 47.2 Å². The second-order valence-corrected chi connectivity index (χ2v) is 11.2. The molecule has 0 amide bonds. The van der Waals surface area contributed by atoms with Crippen molar-refractivity contribution in [1.82, 2.24) is 14.8 Å². The Morgan fingerprint density at radius 2 is 1.27 bits per heavy atom. The average Bonchev–Trinajstić information content (AvgIpc) is 3.35. The number of aromatic nitrogens is 3. The maximum Gasteiger partial charge on any atom is 0.139 e. The normalized spacial score (nSPS) is 12.3. The molecule has 0 radical (unpaired) electrons. The van der Waals surface area contributed by atoms with Gasteiger partial charge < -0.3 is 0 Å². The highest BCUT2D eigenvalue weighted by molar-refractivity contribution is 9.10. The number of carbonyl (C=O) groups is 1. The van der Waals surface area contributed by atoms with Crippen molar-refractivity contribution in [3.8, 4) is 0 Å². The van der Waals surface area contributed by atoms with Crippen molar-refractivity contribution in [2.24, 2.45) is 0 Å². The number of halogens is 1. The van der Waals surface area contributed by atoms with Gasteiger partial charge in [-0.2, -0.15) is 5.10 Å². The predicted octanol–water partition coefficient (Wildman–Crippen LogP) is 8.34. The molecule has 0 saturated heterocycles. The molecule has 0 fully saturated rings. The van der Waals surface area contributed by atoms with Crippen molar-refractivity contribution in [1.29, 1.82) is 0 Å². The number of nitrogens with zero attached hydrogens (tertiary/aromatic N) is 3. The Hall–Kier alpha value is -4.35. The van der Waals surface area contributed by atoms with Gasteiger partial charge in [-0.05, 0) is 50.2 Å². The van der Waals surface area contributed by atoms with E-state index in [1.807, 2.05) is 48.7 Å². The summed E-state index contributed by atoms with van der Waals surface area (Å²) in [5, 5.41) is 6.00. The van der Waals surface area contributed by atoms with E-state index in [9.17, 15) is 4.79 Å². The van der Waals surface area contributed by atoms with Crippen molar-refractivity contribution >= 4 is 32.6 Å². The Labute approximate surface area is 248 Å². The topological polar surface area (TPSA) is 47.8 Å². The lowest BCUT2D eigenvalue weighted by Gasteiger charge is -2.37. The van der Waals surface area contributed by atoms with Gasteiger partial charge in [0.2, 0.25) is 0 Å². The molecule has 0 aliphatic heterocycles. The molecule has 4 aromatic carbocycles. The lowest BCUT2D eigenvalue weighted by Crippen LogP contribution is -2.38. The standard InChI is InChI=1S/C36H30BrN3O/c1-26(27-14-6-2-7-15-27)22-32(41)23-31-24-34-33(25-38-31)35(37)39-40(34)36(28-16-8-3-9-17-28,29-18-10-4-11-19-29)30-20-12-5-13-21-30/h2-21,24-26H,22-23H2,1H3/t26-/m0/s1. The first-order valence-electron chi connectivity index (χ1n) is 13.8. The van der Waals surface area contributed by atoms with Gasteiger partial charge >= 0.3 is 0 Å². The lowest BCUT2D eigenvalue weighted by atomic mass is 9.77. The van der Waals surface area contributed by atoms with Crippen LogP contribution in [0, 0.1) is 0 Å². The molecule has 2 aromatic heterocycles. The Balaban J connectivity index is 1.50. The van der Waals surface area contributed by atoms with Crippen LogP contribution in [0.2, 0.25) is 0 Å². The van der Waals surface area contributed by atoms with Crippen LogP contribution in [0.4, 0.5) is 0 Å². The van der Waals surface area contributed by atoms with E-state index in [1.165, 1.54) is 5.56 Å². The van der Waals surface area contributed by atoms with Gasteiger partial charge in [0, 0.05) is 24.7 Å². The molecule has 0 aliphatic carbocycles. The zero-order valence-electron chi connectivity index (χ0n) is 22.8. The predicted molar refractivity (Wildman–Crippen MR) is 168 cm³/mol. The molecule has 0 saturated carbocycles. The van der Waals surface area contributed by atoms with E-state index in [2.05, 4.69) is 112 Å². The average molecular weight is 601 g/mol. The van der Waals surface area contributed by atoms with E-state index in [4.69, 9.17) is 10.1 Å². The molecule has 1 atom stereocenters. The SMILES string of the molecule is C[C@@H](CC(=O)Cc1cc2c(cn1)c(Br)nn2C(c1ccccc1)(c1ccccc1)c1ccccc1)c1ccccc1. The minimum Gasteiger partial charge on any atom is -0.299 e. The fourth-order valence-electron chi connectivity index (χ4n) is 5.79. The first kappa shape index (κ1) is 26.9. The summed E-state index contributed by atoms with van der Waals surface area (Å²) in [4.78, 5) is 17.9. The second kappa shape index (κ2) is 11.6. The van der Waals surface area contributed by atoms with Gasteiger partial charge in [-0.1, -0.05) is 128 Å². The minimum absolute atomic E-state index is 0.147. The van der Waals surface area contributed by atoms with Crippen molar-refractivity contribution in [3.63, 3.8) is 0 Å². The van der Waals surface area contributed by atoms with Crippen LogP contribution in [0.3, 0.4) is 0 Å². The maximum atomic E-state index is 13.2. The molecule has 6 rings (SSSR count). The fourth-order valence-corrected chi connectivity index (χ4v) is 6.25. The van der Waals surface area contributed by atoms with Gasteiger partial charge in [-0.25, -0.2) is 4.68 Å². The fraction of sp³-hybridized carbons (Fsp3) is 0.139. The zero-order chi connectivity index (χ0) is 28.2. The summed E-state index contributed by atoms with van der Waals surface area (Å²) >= 11 is 3.72. The number of Topliss-reactive ketones (excluding diaryl/α,β-unsaturated/α-hetero) is 1. The van der Waals surface area contributed by atoms with E-state index in [1.54, 1.807) is 0 Å². The summed E-state index contributed by atoms with van der Waals surface area (Å²) in [6.45, 7) is 2.10. The van der Waals surface area contributed by atoms with Crippen LogP contribution in [-0.2, 0) is 16.8 Å². The van der Waals surface area contributed by atoms with Crippen LogP contribution >= 0.6 is 15.9 Å². The van der Waals surface area contributed by atoms with Gasteiger partial charge in [0.1, 0.15) is 15.9 Å². The number of benzene rings is 4. The van der Waals surface area contributed by atoms with Crippen LogP contribution in [0.25, 0.3) is 10.9 Å². The van der Waals surface area contributed by atoms with E-state index in [0.717, 1.165) is 33.3 Å². The first-order valence-corrected chi connectivity index (χ1v) is 14.6. The zero-order valence-corrected chi connectivity index (χ0v) is 24.4. The van der Waals surface area contributed by atoms with Gasteiger partial charge in [0.05, 0.1) is 10.9 Å². The van der Waals surface area contributed by atoms with Crippen LogP contribution < -0.4 is 0 Å². The molecule has 0 bridgehead atoms. The van der Waals surface area contributed by atoms with E-state index < -0.39 is 5.54 Å². The van der Waals surface area contributed by atoms with Gasteiger partial charge in [0.25, 0.3) is 0 Å². The highest BCUT2D eigenvalue weighted by atomic mass is 79.9. The van der Waals surface area contributed by atoms with Gasteiger partial charge in [-0.15, -0.1) is 0 Å². The molecule has 5 heteroatoms. The largest absolute Gasteiger partial charge is 0.299 e. The number of hydrogen-bond donors (Lipinski definition) is 0. The summed E-state index contributed by atoms with van der Waals surface area (Å²) in [7, 11) is 0. The molecule has 4 nitrogen and oxygen atoms in total. The quantitative estimate of drug-likeness (QED) is 0.157. The third kappa shape index (κ3) is 5.14. The van der Waals surface area contributed by atoms with Crippen molar-refractivity contribution in [2.45, 2.75) is 31.2 Å². The Kier molecular flexibility index (Phi) is 7.62. The summed E-state index contributed by atoms with van der Waals surface area (Å²) in [5.74, 6) is 0.313. The number of carbonyl (C=O) groups excluding carboxylic acids is 1. The smallest absolute Gasteiger partial charge is 0.139 e. The van der Waals surface area contributed by atoms with Crippen LogP contribution in [-0.4, -0.2) is 20.5 Å². The molecule has 0 N–H and O–H groups in total. The number of fused-ring (bicyclic) bond motifs is 1. The Bertz CT molecular complexity index is 1670. The Morgan fingerprint density at radius 3 is 1.78 bits per heavy atom. The highest BCUT2D eigenvalue weighted by Gasteiger charge is 2.40. The van der Waals surface area contributed by atoms with E-state index in [-0.39, 0.29) is 18.1 Å². The highest BCUT2D eigenvalue weighted by Crippen LogP contribution is 2.43.